The number of thiazole rings is 1. The average molecular weight is 515 g/mol. The average Bonchev–Trinajstić information content (AvgIpc) is 3.39. The number of aliphatic hydroxyl groups is 1. The molecule has 2 aromatic rings. The number of hydrogen-bond donors (Lipinski definition) is 3. The summed E-state index contributed by atoms with van der Waals surface area (Å²) in [5, 5.41) is 16.1. The van der Waals surface area contributed by atoms with Crippen LogP contribution in [-0.2, 0) is 20.9 Å². The summed E-state index contributed by atoms with van der Waals surface area (Å²) in [6, 6.07) is 6.29. The second kappa shape index (κ2) is 10.7. The molecule has 0 radical (unpaired) electrons. The molecule has 8 nitrogen and oxygen atoms in total. The lowest BCUT2D eigenvalue weighted by Gasteiger charge is -2.36. The first kappa shape index (κ1) is 27.8. The van der Waals surface area contributed by atoms with Crippen LogP contribution < -0.4 is 10.6 Å². The number of hydrogen-bond acceptors (Lipinski definition) is 6. The number of carbonyl (C=O) groups is 3. The monoisotopic (exact) mass is 514 g/mol. The Bertz CT molecular complexity index is 1100. The standard InChI is InChI=1S/C27H38N4O4S/c1-16-21(36-15-29-16)18-10-8-17(9-11-18)13-28-23(33)20-12-19(32)14-31(20)24(34)22(26(2,3)4)30-25(35)27(5,6)7/h8-11,15,19-20,22,32H,12-14H2,1-7H3,(H,28,33)(H,30,35)/t19-,20+,22?/m1/s1. The molecule has 1 aliphatic rings. The fraction of sp³-hybridized carbons (Fsp3) is 0.556. The molecular formula is C27H38N4O4S. The Kier molecular flexibility index (Phi) is 8.25. The Morgan fingerprint density at radius 1 is 1.14 bits per heavy atom. The van der Waals surface area contributed by atoms with Gasteiger partial charge in [-0.15, -0.1) is 11.3 Å². The minimum atomic E-state index is -0.826. The molecule has 1 fully saturated rings. The number of aryl methyl sites for hydroxylation is 1. The van der Waals surface area contributed by atoms with E-state index in [0.29, 0.717) is 6.54 Å². The molecule has 1 aromatic carbocycles. The molecule has 1 aromatic heterocycles. The van der Waals surface area contributed by atoms with Crippen LogP contribution in [0, 0.1) is 17.8 Å². The summed E-state index contributed by atoms with van der Waals surface area (Å²) >= 11 is 1.59. The number of rotatable bonds is 6. The summed E-state index contributed by atoms with van der Waals surface area (Å²) < 4.78 is 0. The summed E-state index contributed by atoms with van der Waals surface area (Å²) in [5.41, 5.74) is 3.56. The molecule has 3 N–H and O–H groups in total. The van der Waals surface area contributed by atoms with E-state index in [-0.39, 0.29) is 30.7 Å². The fourth-order valence-electron chi connectivity index (χ4n) is 4.13. The zero-order chi connectivity index (χ0) is 26.8. The number of carbonyl (C=O) groups excluding carboxylic acids is 3. The van der Waals surface area contributed by atoms with E-state index in [4.69, 9.17) is 0 Å². The highest BCUT2D eigenvalue weighted by molar-refractivity contribution is 7.13. The highest BCUT2D eigenvalue weighted by atomic mass is 32.1. The molecule has 3 rings (SSSR count). The molecule has 1 aliphatic heterocycles. The number of benzene rings is 1. The Morgan fingerprint density at radius 3 is 2.31 bits per heavy atom. The van der Waals surface area contributed by atoms with Gasteiger partial charge in [-0.25, -0.2) is 4.98 Å². The lowest BCUT2D eigenvalue weighted by molar-refractivity contribution is -0.145. The van der Waals surface area contributed by atoms with Crippen molar-refractivity contribution in [3.8, 4) is 10.4 Å². The van der Waals surface area contributed by atoms with Crippen molar-refractivity contribution in [2.75, 3.05) is 6.54 Å². The molecule has 9 heteroatoms. The van der Waals surface area contributed by atoms with Crippen LogP contribution in [0.3, 0.4) is 0 Å². The number of amides is 3. The minimum Gasteiger partial charge on any atom is -0.391 e. The van der Waals surface area contributed by atoms with Gasteiger partial charge in [-0.1, -0.05) is 65.8 Å². The lowest BCUT2D eigenvalue weighted by atomic mass is 9.84. The first-order valence-electron chi connectivity index (χ1n) is 12.2. The van der Waals surface area contributed by atoms with Gasteiger partial charge in [-0.05, 0) is 23.5 Å². The largest absolute Gasteiger partial charge is 0.391 e. The minimum absolute atomic E-state index is 0.0534. The van der Waals surface area contributed by atoms with Crippen LogP contribution >= 0.6 is 11.3 Å². The normalized spacial score (nSPS) is 19.2. The Hall–Kier alpha value is -2.78. The van der Waals surface area contributed by atoms with Crippen molar-refractivity contribution in [3.05, 3.63) is 41.0 Å². The van der Waals surface area contributed by atoms with Crippen LogP contribution in [0.25, 0.3) is 10.4 Å². The number of nitrogens with zero attached hydrogens (tertiary/aromatic N) is 2. The lowest BCUT2D eigenvalue weighted by Crippen LogP contribution is -2.59. The number of aliphatic hydroxyl groups excluding tert-OH is 1. The van der Waals surface area contributed by atoms with Crippen molar-refractivity contribution in [1.29, 1.82) is 0 Å². The van der Waals surface area contributed by atoms with Crippen LogP contribution in [0.4, 0.5) is 0 Å². The zero-order valence-electron chi connectivity index (χ0n) is 22.2. The predicted octanol–water partition coefficient (Wildman–Crippen LogP) is 3.27. The van der Waals surface area contributed by atoms with Crippen molar-refractivity contribution >= 4 is 29.1 Å². The smallest absolute Gasteiger partial charge is 0.246 e. The maximum absolute atomic E-state index is 13.6. The second-order valence-electron chi connectivity index (χ2n) is 11.6. The van der Waals surface area contributed by atoms with Crippen LogP contribution in [-0.4, -0.2) is 57.4 Å². The molecule has 196 valence electrons. The van der Waals surface area contributed by atoms with Crippen LogP contribution in [0.15, 0.2) is 29.8 Å². The van der Waals surface area contributed by atoms with Gasteiger partial charge in [0.25, 0.3) is 0 Å². The Labute approximate surface area is 217 Å². The second-order valence-corrected chi connectivity index (χ2v) is 12.5. The summed E-state index contributed by atoms with van der Waals surface area (Å²) in [6.45, 7) is 13.3. The Morgan fingerprint density at radius 2 is 1.78 bits per heavy atom. The molecule has 0 bridgehead atoms. The van der Waals surface area contributed by atoms with E-state index < -0.39 is 29.0 Å². The van der Waals surface area contributed by atoms with Crippen LogP contribution in [0.5, 0.6) is 0 Å². The third-order valence-corrected chi connectivity index (χ3v) is 7.34. The summed E-state index contributed by atoms with van der Waals surface area (Å²) in [7, 11) is 0. The summed E-state index contributed by atoms with van der Waals surface area (Å²) in [4.78, 5) is 46.2. The summed E-state index contributed by atoms with van der Waals surface area (Å²) in [5.74, 6) is -0.924. The van der Waals surface area contributed by atoms with Gasteiger partial charge in [0.15, 0.2) is 0 Å². The number of likely N-dealkylation sites (tertiary alicyclic amines) is 1. The van der Waals surface area contributed by atoms with Crippen molar-refractivity contribution < 1.29 is 19.5 Å². The highest BCUT2D eigenvalue weighted by Crippen LogP contribution is 2.28. The van der Waals surface area contributed by atoms with E-state index in [9.17, 15) is 19.5 Å². The van der Waals surface area contributed by atoms with Gasteiger partial charge in [0.05, 0.1) is 22.2 Å². The number of nitrogens with one attached hydrogen (secondary N) is 2. The first-order valence-corrected chi connectivity index (χ1v) is 13.1. The number of aromatic nitrogens is 1. The van der Waals surface area contributed by atoms with Crippen molar-refractivity contribution in [1.82, 2.24) is 20.5 Å². The third-order valence-electron chi connectivity index (χ3n) is 6.36. The molecule has 3 atom stereocenters. The molecule has 0 saturated carbocycles. The molecule has 1 unspecified atom stereocenters. The Balaban J connectivity index is 1.69. The van der Waals surface area contributed by atoms with E-state index in [1.165, 1.54) is 4.90 Å². The van der Waals surface area contributed by atoms with Gasteiger partial charge in [-0.3, -0.25) is 14.4 Å². The molecular weight excluding hydrogens is 476 g/mol. The molecule has 0 aliphatic carbocycles. The van der Waals surface area contributed by atoms with Gasteiger partial charge in [0, 0.05) is 24.9 Å². The molecule has 36 heavy (non-hydrogen) atoms. The molecule has 1 saturated heterocycles. The molecule has 3 amide bonds. The number of β-amino-alcohol motifs (C(OH)–C–C–N with tert-alkyl or cyclic N) is 1. The maximum Gasteiger partial charge on any atom is 0.246 e. The predicted molar refractivity (Wildman–Crippen MR) is 141 cm³/mol. The van der Waals surface area contributed by atoms with E-state index in [1.807, 2.05) is 57.5 Å². The highest BCUT2D eigenvalue weighted by Gasteiger charge is 2.45. The fourth-order valence-corrected chi connectivity index (χ4v) is 4.94. The van der Waals surface area contributed by atoms with Crippen LogP contribution in [0.1, 0.15) is 59.2 Å². The van der Waals surface area contributed by atoms with E-state index in [2.05, 4.69) is 15.6 Å². The van der Waals surface area contributed by atoms with Crippen molar-refractivity contribution in [2.24, 2.45) is 10.8 Å². The van der Waals surface area contributed by atoms with E-state index >= 15 is 0 Å². The van der Waals surface area contributed by atoms with Crippen molar-refractivity contribution in [2.45, 2.75) is 79.6 Å². The zero-order valence-corrected chi connectivity index (χ0v) is 23.0. The van der Waals surface area contributed by atoms with Gasteiger partial charge in [0.2, 0.25) is 17.7 Å². The molecule has 0 spiro atoms. The topological polar surface area (TPSA) is 112 Å². The van der Waals surface area contributed by atoms with Gasteiger partial charge < -0.3 is 20.6 Å². The molecule has 2 heterocycles. The van der Waals surface area contributed by atoms with Gasteiger partial charge >= 0.3 is 0 Å². The quantitative estimate of drug-likeness (QED) is 0.548. The summed E-state index contributed by atoms with van der Waals surface area (Å²) in [6.07, 6.45) is -0.642. The third kappa shape index (κ3) is 6.50. The van der Waals surface area contributed by atoms with E-state index in [0.717, 1.165) is 21.7 Å². The van der Waals surface area contributed by atoms with Gasteiger partial charge in [0.1, 0.15) is 12.1 Å². The maximum atomic E-state index is 13.6. The van der Waals surface area contributed by atoms with Crippen molar-refractivity contribution in [3.63, 3.8) is 0 Å². The SMILES string of the molecule is Cc1ncsc1-c1ccc(CNC(=O)[C@@H]2C[C@@H](O)CN2C(=O)C(NC(=O)C(C)(C)C)C(C)(C)C)cc1. The van der Waals surface area contributed by atoms with Gasteiger partial charge in [-0.2, -0.15) is 0 Å². The van der Waals surface area contributed by atoms with E-state index in [1.54, 1.807) is 32.1 Å². The first-order chi connectivity index (χ1) is 16.7. The van der Waals surface area contributed by atoms with Crippen LogP contribution in [0.2, 0.25) is 0 Å².